The highest BCUT2D eigenvalue weighted by Crippen LogP contribution is 2.25. The number of aromatic nitrogens is 2. The largest absolute Gasteiger partial charge is 0.324 e. The van der Waals surface area contributed by atoms with Crippen LogP contribution in [0.5, 0.6) is 0 Å². The van der Waals surface area contributed by atoms with Crippen molar-refractivity contribution in [3.8, 4) is 0 Å². The van der Waals surface area contributed by atoms with Gasteiger partial charge >= 0.3 is 0 Å². The Hall–Kier alpha value is -3.21. The van der Waals surface area contributed by atoms with Gasteiger partial charge in [0, 0.05) is 23.8 Å². The minimum absolute atomic E-state index is 0.223. The van der Waals surface area contributed by atoms with E-state index < -0.39 is 0 Å². The normalized spacial score (nSPS) is 10.5. The third kappa shape index (κ3) is 4.31. The van der Waals surface area contributed by atoms with Crippen LogP contribution < -0.4 is 10.6 Å². The Morgan fingerprint density at radius 2 is 1.56 bits per heavy atom. The molecule has 0 saturated heterocycles. The summed E-state index contributed by atoms with van der Waals surface area (Å²) in [6.45, 7) is 6.20. The van der Waals surface area contributed by atoms with Crippen LogP contribution in [0.25, 0.3) is 0 Å². The van der Waals surface area contributed by atoms with Crippen LogP contribution in [0.1, 0.15) is 40.9 Å². The second-order valence-electron chi connectivity index (χ2n) is 6.35. The van der Waals surface area contributed by atoms with Crippen LogP contribution in [0, 0.1) is 6.92 Å². The van der Waals surface area contributed by atoms with Crippen LogP contribution in [0.4, 0.5) is 17.3 Å². The highest BCUT2D eigenvalue weighted by atomic mass is 16.1. The molecule has 0 aliphatic rings. The number of para-hydroxylation sites is 2. The molecule has 0 bridgehead atoms. The Kier molecular flexibility index (Phi) is 5.81. The number of benzene rings is 2. The van der Waals surface area contributed by atoms with Crippen molar-refractivity contribution in [1.29, 1.82) is 0 Å². The molecule has 0 unspecified atom stereocenters. The molecule has 27 heavy (non-hydrogen) atoms. The Labute approximate surface area is 159 Å². The topological polar surface area (TPSA) is 66.9 Å². The van der Waals surface area contributed by atoms with E-state index >= 15 is 0 Å². The molecular formula is C22H24N4O. The Morgan fingerprint density at radius 1 is 0.926 bits per heavy atom. The number of carbonyl (C=O) groups excluding carboxylic acids is 1. The SMILES string of the molecule is CCc1cccc(CC)c1Nc1ncc(C(=O)Nc2ccccc2C)cn1. The summed E-state index contributed by atoms with van der Waals surface area (Å²) in [6, 6.07) is 13.9. The van der Waals surface area contributed by atoms with Gasteiger partial charge in [0.05, 0.1) is 5.56 Å². The summed E-state index contributed by atoms with van der Waals surface area (Å²) in [5.41, 5.74) is 5.71. The maximum atomic E-state index is 12.4. The first-order valence-electron chi connectivity index (χ1n) is 9.19. The summed E-state index contributed by atoms with van der Waals surface area (Å²) < 4.78 is 0. The lowest BCUT2D eigenvalue weighted by molar-refractivity contribution is 0.102. The van der Waals surface area contributed by atoms with Crippen LogP contribution in [-0.2, 0) is 12.8 Å². The van der Waals surface area contributed by atoms with Crippen molar-refractivity contribution < 1.29 is 4.79 Å². The standard InChI is InChI=1S/C22H24N4O/c1-4-16-10-8-11-17(5-2)20(16)26-22-23-13-18(14-24-22)21(27)25-19-12-7-6-9-15(19)3/h6-14H,4-5H2,1-3H3,(H,25,27)(H,23,24,26). The summed E-state index contributed by atoms with van der Waals surface area (Å²) >= 11 is 0. The number of anilines is 3. The average Bonchev–Trinajstić information content (AvgIpc) is 2.70. The maximum Gasteiger partial charge on any atom is 0.258 e. The summed E-state index contributed by atoms with van der Waals surface area (Å²) in [5.74, 6) is 0.261. The minimum Gasteiger partial charge on any atom is -0.324 e. The van der Waals surface area contributed by atoms with Crippen molar-refractivity contribution in [3.63, 3.8) is 0 Å². The number of rotatable bonds is 6. The molecule has 0 atom stereocenters. The van der Waals surface area contributed by atoms with Crippen LogP contribution in [0.3, 0.4) is 0 Å². The third-order valence-corrected chi connectivity index (χ3v) is 4.54. The summed E-state index contributed by atoms with van der Waals surface area (Å²) in [5, 5.41) is 6.21. The second-order valence-corrected chi connectivity index (χ2v) is 6.35. The summed E-state index contributed by atoms with van der Waals surface area (Å²) in [7, 11) is 0. The fourth-order valence-electron chi connectivity index (χ4n) is 2.93. The Morgan fingerprint density at radius 3 is 2.15 bits per heavy atom. The van der Waals surface area contributed by atoms with Crippen molar-refractivity contribution in [2.24, 2.45) is 0 Å². The van der Waals surface area contributed by atoms with Crippen LogP contribution >= 0.6 is 0 Å². The zero-order valence-electron chi connectivity index (χ0n) is 15.9. The van der Waals surface area contributed by atoms with Gasteiger partial charge in [0.25, 0.3) is 5.91 Å². The van der Waals surface area contributed by atoms with Gasteiger partial charge in [-0.3, -0.25) is 4.79 Å². The number of aryl methyl sites for hydroxylation is 3. The number of carbonyl (C=O) groups is 1. The molecule has 0 aliphatic carbocycles. The van der Waals surface area contributed by atoms with Gasteiger partial charge in [0.2, 0.25) is 5.95 Å². The fraction of sp³-hybridized carbons (Fsp3) is 0.227. The van der Waals surface area contributed by atoms with Gasteiger partial charge in [-0.05, 0) is 42.5 Å². The van der Waals surface area contributed by atoms with Crippen LogP contribution in [0.2, 0.25) is 0 Å². The summed E-state index contributed by atoms with van der Waals surface area (Å²) in [6.07, 6.45) is 4.94. The molecule has 0 radical (unpaired) electrons. The van der Waals surface area contributed by atoms with Gasteiger partial charge in [-0.25, -0.2) is 9.97 Å². The molecule has 1 aromatic heterocycles. The van der Waals surface area contributed by atoms with E-state index in [0.717, 1.165) is 29.8 Å². The number of nitrogens with zero attached hydrogens (tertiary/aromatic N) is 2. The highest BCUT2D eigenvalue weighted by molar-refractivity contribution is 6.04. The van der Waals surface area contributed by atoms with E-state index in [1.807, 2.05) is 31.2 Å². The van der Waals surface area contributed by atoms with Crippen molar-refractivity contribution in [2.75, 3.05) is 10.6 Å². The number of amides is 1. The highest BCUT2D eigenvalue weighted by Gasteiger charge is 2.11. The van der Waals surface area contributed by atoms with E-state index in [1.54, 1.807) is 12.4 Å². The predicted octanol–water partition coefficient (Wildman–Crippen LogP) is 4.91. The lowest BCUT2D eigenvalue weighted by atomic mass is 10.0. The quantitative estimate of drug-likeness (QED) is 0.656. The monoisotopic (exact) mass is 360 g/mol. The van der Waals surface area contributed by atoms with Crippen LogP contribution in [0.15, 0.2) is 54.9 Å². The van der Waals surface area contributed by atoms with E-state index in [2.05, 4.69) is 52.6 Å². The molecule has 138 valence electrons. The molecule has 2 N–H and O–H groups in total. The maximum absolute atomic E-state index is 12.4. The molecule has 1 heterocycles. The number of hydrogen-bond acceptors (Lipinski definition) is 4. The average molecular weight is 360 g/mol. The number of hydrogen-bond donors (Lipinski definition) is 2. The van der Waals surface area contributed by atoms with Crippen molar-refractivity contribution in [1.82, 2.24) is 9.97 Å². The minimum atomic E-state index is -0.223. The summed E-state index contributed by atoms with van der Waals surface area (Å²) in [4.78, 5) is 21.1. The Bertz CT molecular complexity index is 913. The zero-order chi connectivity index (χ0) is 19.2. The molecule has 0 spiro atoms. The lowest BCUT2D eigenvalue weighted by Crippen LogP contribution is -2.14. The first-order valence-corrected chi connectivity index (χ1v) is 9.19. The van der Waals surface area contributed by atoms with E-state index in [4.69, 9.17) is 0 Å². The molecule has 5 nitrogen and oxygen atoms in total. The molecule has 0 saturated carbocycles. The molecular weight excluding hydrogens is 336 g/mol. The molecule has 2 aromatic carbocycles. The van der Waals surface area contributed by atoms with E-state index in [1.165, 1.54) is 11.1 Å². The van der Waals surface area contributed by atoms with Gasteiger partial charge in [-0.2, -0.15) is 0 Å². The van der Waals surface area contributed by atoms with Gasteiger partial charge < -0.3 is 10.6 Å². The van der Waals surface area contributed by atoms with Crippen molar-refractivity contribution >= 4 is 23.2 Å². The van der Waals surface area contributed by atoms with Crippen LogP contribution in [-0.4, -0.2) is 15.9 Å². The zero-order valence-corrected chi connectivity index (χ0v) is 15.9. The van der Waals surface area contributed by atoms with Gasteiger partial charge in [-0.1, -0.05) is 50.2 Å². The molecule has 0 aliphatic heterocycles. The van der Waals surface area contributed by atoms with Gasteiger partial charge in [-0.15, -0.1) is 0 Å². The first-order chi connectivity index (χ1) is 13.1. The second kappa shape index (κ2) is 8.45. The fourth-order valence-corrected chi connectivity index (χ4v) is 2.93. The number of nitrogens with one attached hydrogen (secondary N) is 2. The predicted molar refractivity (Wildman–Crippen MR) is 110 cm³/mol. The third-order valence-electron chi connectivity index (χ3n) is 4.54. The molecule has 3 rings (SSSR count). The molecule has 5 heteroatoms. The van der Waals surface area contributed by atoms with Crippen molar-refractivity contribution in [2.45, 2.75) is 33.6 Å². The van der Waals surface area contributed by atoms with Gasteiger partial charge in [0.15, 0.2) is 0 Å². The van der Waals surface area contributed by atoms with E-state index in [-0.39, 0.29) is 5.91 Å². The van der Waals surface area contributed by atoms with Gasteiger partial charge in [0.1, 0.15) is 0 Å². The lowest BCUT2D eigenvalue weighted by Gasteiger charge is -2.14. The molecule has 1 amide bonds. The molecule has 3 aromatic rings. The van der Waals surface area contributed by atoms with Crippen molar-refractivity contribution in [3.05, 3.63) is 77.1 Å². The first kappa shape index (κ1) is 18.6. The van der Waals surface area contributed by atoms with E-state index in [0.29, 0.717) is 11.5 Å². The van der Waals surface area contributed by atoms with E-state index in [9.17, 15) is 4.79 Å². The smallest absolute Gasteiger partial charge is 0.258 e. The molecule has 0 fully saturated rings. The Balaban J connectivity index is 1.76.